The van der Waals surface area contributed by atoms with E-state index in [-0.39, 0.29) is 5.91 Å². The van der Waals surface area contributed by atoms with Gasteiger partial charge in [-0.25, -0.2) is 9.59 Å². The number of aliphatic carboxylic acids is 1. The summed E-state index contributed by atoms with van der Waals surface area (Å²) in [6, 6.07) is 14.6. The van der Waals surface area contributed by atoms with Crippen molar-refractivity contribution in [2.45, 2.75) is 37.5 Å². The molecular formula is C26H24F3N7O4. The van der Waals surface area contributed by atoms with Crippen LogP contribution in [-0.4, -0.2) is 57.7 Å². The Labute approximate surface area is 226 Å². The van der Waals surface area contributed by atoms with Gasteiger partial charge in [0.1, 0.15) is 6.04 Å². The molecule has 40 heavy (non-hydrogen) atoms. The molecule has 6 N–H and O–H groups in total. The molecule has 0 unspecified atom stereocenters. The number of benzene rings is 2. The van der Waals surface area contributed by atoms with Gasteiger partial charge >= 0.3 is 18.2 Å². The number of carboxylic acid groups (broad SMARTS) is 1. The fourth-order valence-electron chi connectivity index (χ4n) is 4.09. The Balaban J connectivity index is 0.000000559. The number of aromatic amines is 1. The minimum absolute atomic E-state index is 0.221. The van der Waals surface area contributed by atoms with Crippen LogP contribution in [0.15, 0.2) is 48.7 Å². The van der Waals surface area contributed by atoms with Gasteiger partial charge in [-0.2, -0.15) is 23.7 Å². The van der Waals surface area contributed by atoms with Crippen molar-refractivity contribution in [1.29, 1.82) is 10.5 Å². The molecule has 1 aliphatic heterocycles. The first-order valence-corrected chi connectivity index (χ1v) is 11.9. The van der Waals surface area contributed by atoms with E-state index in [1.807, 2.05) is 18.2 Å². The van der Waals surface area contributed by atoms with Gasteiger partial charge in [-0.3, -0.25) is 4.79 Å². The molecule has 1 fully saturated rings. The number of likely N-dealkylation sites (tertiary alicyclic amines) is 1. The van der Waals surface area contributed by atoms with Crippen LogP contribution in [0.1, 0.15) is 24.0 Å². The van der Waals surface area contributed by atoms with E-state index in [4.69, 9.17) is 20.9 Å². The summed E-state index contributed by atoms with van der Waals surface area (Å²) in [5.74, 6) is -2.98. The number of rotatable bonds is 5. The highest BCUT2D eigenvalue weighted by Crippen LogP contribution is 2.25. The van der Waals surface area contributed by atoms with Gasteiger partial charge in [0.15, 0.2) is 0 Å². The van der Waals surface area contributed by atoms with Crippen LogP contribution in [0.2, 0.25) is 0 Å². The van der Waals surface area contributed by atoms with E-state index in [9.17, 15) is 28.0 Å². The Bertz CT molecular complexity index is 1490. The second-order valence-electron chi connectivity index (χ2n) is 8.78. The monoisotopic (exact) mass is 555 g/mol. The first-order chi connectivity index (χ1) is 18.9. The Hall–Kier alpha value is -5.08. The molecule has 0 spiro atoms. The number of carbonyl (C=O) groups excluding carboxylic acids is 2. The standard InChI is InChI=1S/C24H23N7O2.C2HF3O2/c25-12-15-3-1-4-17(9-15)29-24(33)30-18-6-7-22-20(11-18)16(14-28-22)10-21(27)23(32)31-8-2-5-19(31)13-26;3-2(4,5)1(6)7/h1,3-4,6-7,9,11,14,19,21,28H,2,5,8,10,27H2,(H2,29,30,33);(H,6,7)/t19-,21+;/m0./s1. The van der Waals surface area contributed by atoms with Crippen molar-refractivity contribution in [3.63, 3.8) is 0 Å². The summed E-state index contributed by atoms with van der Waals surface area (Å²) in [7, 11) is 0. The molecule has 2 atom stereocenters. The lowest BCUT2D eigenvalue weighted by Crippen LogP contribution is -2.46. The largest absolute Gasteiger partial charge is 0.490 e. The molecule has 2 heterocycles. The molecule has 2 aromatic carbocycles. The summed E-state index contributed by atoms with van der Waals surface area (Å²) < 4.78 is 31.7. The van der Waals surface area contributed by atoms with E-state index in [0.29, 0.717) is 36.3 Å². The lowest BCUT2D eigenvalue weighted by molar-refractivity contribution is -0.192. The zero-order chi connectivity index (χ0) is 29.4. The number of nitrogens with zero attached hydrogens (tertiary/aromatic N) is 3. The van der Waals surface area contributed by atoms with Crippen molar-refractivity contribution in [1.82, 2.24) is 9.88 Å². The molecular weight excluding hydrogens is 531 g/mol. The van der Waals surface area contributed by atoms with Crippen molar-refractivity contribution in [3.8, 4) is 12.1 Å². The van der Waals surface area contributed by atoms with Gasteiger partial charge < -0.3 is 31.4 Å². The zero-order valence-corrected chi connectivity index (χ0v) is 20.8. The topological polar surface area (TPSA) is 188 Å². The first kappa shape index (κ1) is 29.5. The number of carbonyl (C=O) groups is 3. The number of fused-ring (bicyclic) bond motifs is 1. The molecule has 14 heteroatoms. The zero-order valence-electron chi connectivity index (χ0n) is 20.8. The van der Waals surface area contributed by atoms with Crippen LogP contribution in [-0.2, 0) is 16.0 Å². The smallest absolute Gasteiger partial charge is 0.475 e. The third-order valence-electron chi connectivity index (χ3n) is 5.96. The number of carboxylic acids is 1. The van der Waals surface area contributed by atoms with Crippen LogP contribution in [0.25, 0.3) is 10.9 Å². The predicted molar refractivity (Wildman–Crippen MR) is 138 cm³/mol. The summed E-state index contributed by atoms with van der Waals surface area (Å²) in [5, 5.41) is 31.7. The predicted octanol–water partition coefficient (Wildman–Crippen LogP) is 3.70. The summed E-state index contributed by atoms with van der Waals surface area (Å²) in [4.78, 5) is 38.8. The lowest BCUT2D eigenvalue weighted by Gasteiger charge is -2.23. The number of amides is 3. The van der Waals surface area contributed by atoms with Gasteiger partial charge in [-0.1, -0.05) is 6.07 Å². The Kier molecular flexibility index (Phi) is 9.32. The maximum atomic E-state index is 12.8. The molecule has 3 amide bonds. The van der Waals surface area contributed by atoms with Crippen LogP contribution in [0.3, 0.4) is 0 Å². The third kappa shape index (κ3) is 7.49. The van der Waals surface area contributed by atoms with E-state index < -0.39 is 30.3 Å². The molecule has 11 nitrogen and oxygen atoms in total. The van der Waals surface area contributed by atoms with E-state index in [2.05, 4.69) is 21.7 Å². The van der Waals surface area contributed by atoms with E-state index in [1.165, 1.54) is 0 Å². The van der Waals surface area contributed by atoms with Crippen LogP contribution in [0.4, 0.5) is 29.3 Å². The molecule has 0 aliphatic carbocycles. The maximum absolute atomic E-state index is 12.8. The number of anilines is 2. The number of halogens is 3. The number of nitrogens with one attached hydrogen (secondary N) is 3. The molecule has 1 saturated heterocycles. The van der Waals surface area contributed by atoms with Crippen LogP contribution >= 0.6 is 0 Å². The van der Waals surface area contributed by atoms with Crippen LogP contribution in [0.5, 0.6) is 0 Å². The van der Waals surface area contributed by atoms with Crippen molar-refractivity contribution in [2.24, 2.45) is 5.73 Å². The molecule has 1 aliphatic rings. The molecule has 3 aromatic rings. The number of alkyl halides is 3. The number of nitriles is 2. The van der Waals surface area contributed by atoms with Gasteiger partial charge in [0.2, 0.25) is 5.91 Å². The van der Waals surface area contributed by atoms with Gasteiger partial charge in [-0.15, -0.1) is 0 Å². The Morgan fingerprint density at radius 3 is 2.45 bits per heavy atom. The molecule has 0 saturated carbocycles. The van der Waals surface area contributed by atoms with Crippen LogP contribution in [0, 0.1) is 22.7 Å². The fraction of sp³-hybridized carbons (Fsp3) is 0.269. The Morgan fingerprint density at radius 1 is 1.15 bits per heavy atom. The highest BCUT2D eigenvalue weighted by atomic mass is 19.4. The number of H-pyrrole nitrogens is 1. The summed E-state index contributed by atoms with van der Waals surface area (Å²) in [6.45, 7) is 0.555. The van der Waals surface area contributed by atoms with Crippen molar-refractivity contribution >= 4 is 40.2 Å². The van der Waals surface area contributed by atoms with E-state index in [1.54, 1.807) is 41.4 Å². The highest BCUT2D eigenvalue weighted by molar-refractivity contribution is 6.01. The minimum Gasteiger partial charge on any atom is -0.475 e. The molecule has 4 rings (SSSR count). The number of aromatic nitrogens is 1. The molecule has 1 aromatic heterocycles. The summed E-state index contributed by atoms with van der Waals surface area (Å²) in [5.41, 5.74) is 9.45. The average molecular weight is 556 g/mol. The van der Waals surface area contributed by atoms with Crippen molar-refractivity contribution in [2.75, 3.05) is 17.2 Å². The fourth-order valence-corrected chi connectivity index (χ4v) is 4.09. The molecule has 208 valence electrons. The van der Waals surface area contributed by atoms with Gasteiger partial charge in [0.25, 0.3) is 0 Å². The highest BCUT2D eigenvalue weighted by Gasteiger charge is 2.38. The normalized spacial score (nSPS) is 15.2. The van der Waals surface area contributed by atoms with Gasteiger partial charge in [0, 0.05) is 35.0 Å². The van der Waals surface area contributed by atoms with E-state index >= 15 is 0 Å². The summed E-state index contributed by atoms with van der Waals surface area (Å²) in [6.07, 6.45) is -1.48. The third-order valence-corrected chi connectivity index (χ3v) is 5.96. The maximum Gasteiger partial charge on any atom is 0.490 e. The first-order valence-electron chi connectivity index (χ1n) is 11.9. The molecule has 0 radical (unpaired) electrons. The van der Waals surface area contributed by atoms with E-state index in [0.717, 1.165) is 22.9 Å². The van der Waals surface area contributed by atoms with Gasteiger partial charge in [0.05, 0.1) is 23.7 Å². The second kappa shape index (κ2) is 12.6. The summed E-state index contributed by atoms with van der Waals surface area (Å²) >= 11 is 0. The quantitative estimate of drug-likeness (QED) is 0.317. The average Bonchev–Trinajstić information content (AvgIpc) is 3.55. The van der Waals surface area contributed by atoms with Crippen molar-refractivity contribution in [3.05, 3.63) is 59.8 Å². The minimum atomic E-state index is -5.08. The number of nitrogens with two attached hydrogens (primary N) is 1. The number of hydrogen-bond acceptors (Lipinski definition) is 6. The number of urea groups is 1. The Morgan fingerprint density at radius 2 is 1.82 bits per heavy atom. The SMILES string of the molecule is N#Cc1cccc(NC(=O)Nc2ccc3[nH]cc(C[C@@H](N)C(=O)N4CCC[C@H]4C#N)c3c2)c1.O=C(O)C(F)(F)F. The molecule has 0 bridgehead atoms. The number of hydrogen-bond donors (Lipinski definition) is 5. The van der Waals surface area contributed by atoms with Gasteiger partial charge in [-0.05, 0) is 61.2 Å². The van der Waals surface area contributed by atoms with Crippen molar-refractivity contribution < 1.29 is 32.7 Å². The second-order valence-corrected chi connectivity index (χ2v) is 8.78. The van der Waals surface area contributed by atoms with Crippen LogP contribution < -0.4 is 16.4 Å². The lowest BCUT2D eigenvalue weighted by atomic mass is 10.0.